The first-order chi connectivity index (χ1) is 10.2. The highest BCUT2D eigenvalue weighted by atomic mass is 16.1. The van der Waals surface area contributed by atoms with Crippen LogP contribution >= 0.6 is 0 Å². The summed E-state index contributed by atoms with van der Waals surface area (Å²) in [6.07, 6.45) is 5.03. The van der Waals surface area contributed by atoms with Crippen LogP contribution in [0.1, 0.15) is 0 Å². The zero-order valence-corrected chi connectivity index (χ0v) is 11.4. The smallest absolute Gasteiger partial charge is 0.243 e. The standard InChI is InChI=1S/C15H15N5O/c1-2-10(21)18-6-15-7-20(13-11(15)12(13)15)9-5-17-14-8(19-9)3-4-16-14/h2-5,11-13H,1,6-7H2,(H,16,17)(H,18,21). The molecule has 2 saturated heterocycles. The van der Waals surface area contributed by atoms with Crippen molar-refractivity contribution in [3.8, 4) is 0 Å². The first-order valence-electron chi connectivity index (χ1n) is 7.22. The molecular weight excluding hydrogens is 266 g/mol. The van der Waals surface area contributed by atoms with Crippen molar-refractivity contribution in [1.29, 1.82) is 0 Å². The highest BCUT2D eigenvalue weighted by Crippen LogP contribution is 2.83. The van der Waals surface area contributed by atoms with Crippen molar-refractivity contribution >= 4 is 22.9 Å². The van der Waals surface area contributed by atoms with Crippen LogP contribution in [-0.2, 0) is 4.79 Å². The van der Waals surface area contributed by atoms with Crippen LogP contribution in [0.5, 0.6) is 0 Å². The summed E-state index contributed by atoms with van der Waals surface area (Å²) in [5.74, 6) is 2.32. The SMILES string of the molecule is C=CC(=O)NCC12CN(c3cnc4[nH]ccc4n3)C3C1C32. The highest BCUT2D eigenvalue weighted by molar-refractivity contribution is 5.87. The van der Waals surface area contributed by atoms with E-state index in [0.29, 0.717) is 6.04 Å². The van der Waals surface area contributed by atoms with Gasteiger partial charge in [-0.1, -0.05) is 6.58 Å². The molecule has 0 radical (unpaired) electrons. The lowest BCUT2D eigenvalue weighted by Crippen LogP contribution is -2.33. The average Bonchev–Trinajstić information content (AvgIpc) is 3.19. The van der Waals surface area contributed by atoms with E-state index in [4.69, 9.17) is 0 Å². The van der Waals surface area contributed by atoms with Gasteiger partial charge in [-0.3, -0.25) is 4.79 Å². The molecule has 4 fully saturated rings. The van der Waals surface area contributed by atoms with Gasteiger partial charge in [-0.15, -0.1) is 0 Å². The van der Waals surface area contributed by atoms with Crippen LogP contribution in [0.3, 0.4) is 0 Å². The molecule has 6 heteroatoms. The van der Waals surface area contributed by atoms with Crippen molar-refractivity contribution in [2.24, 2.45) is 17.3 Å². The molecule has 4 aliphatic rings. The summed E-state index contributed by atoms with van der Waals surface area (Å²) in [6, 6.07) is 2.55. The number of rotatable bonds is 4. The van der Waals surface area contributed by atoms with Crippen molar-refractivity contribution in [3.63, 3.8) is 0 Å². The first kappa shape index (κ1) is 11.3. The van der Waals surface area contributed by atoms with Crippen LogP contribution in [0, 0.1) is 17.3 Å². The molecule has 6 rings (SSSR count). The van der Waals surface area contributed by atoms with Gasteiger partial charge in [0.2, 0.25) is 5.91 Å². The monoisotopic (exact) mass is 281 g/mol. The van der Waals surface area contributed by atoms with Gasteiger partial charge in [0, 0.05) is 30.7 Å². The summed E-state index contributed by atoms with van der Waals surface area (Å²) in [5, 5.41) is 2.95. The van der Waals surface area contributed by atoms with Crippen LogP contribution in [0.15, 0.2) is 31.1 Å². The van der Waals surface area contributed by atoms with E-state index in [2.05, 4.69) is 31.7 Å². The number of carbonyl (C=O) groups is 1. The van der Waals surface area contributed by atoms with E-state index >= 15 is 0 Å². The molecule has 4 heterocycles. The number of hydrogen-bond acceptors (Lipinski definition) is 4. The Morgan fingerprint density at radius 1 is 1.62 bits per heavy atom. The molecule has 2 saturated carbocycles. The maximum absolute atomic E-state index is 11.3. The molecule has 21 heavy (non-hydrogen) atoms. The maximum Gasteiger partial charge on any atom is 0.243 e. The zero-order valence-electron chi connectivity index (χ0n) is 11.4. The van der Waals surface area contributed by atoms with Gasteiger partial charge in [-0.05, 0) is 24.0 Å². The Morgan fingerprint density at radius 3 is 3.29 bits per heavy atom. The fraction of sp³-hybridized carbons (Fsp3) is 0.400. The second-order valence-corrected chi connectivity index (χ2v) is 6.26. The van der Waals surface area contributed by atoms with Crippen molar-refractivity contribution in [1.82, 2.24) is 20.3 Å². The van der Waals surface area contributed by atoms with Crippen LogP contribution in [0.4, 0.5) is 5.82 Å². The number of amides is 1. The van der Waals surface area contributed by atoms with E-state index in [-0.39, 0.29) is 11.3 Å². The largest absolute Gasteiger partial charge is 0.352 e. The third kappa shape index (κ3) is 1.30. The van der Waals surface area contributed by atoms with E-state index in [1.54, 1.807) is 0 Å². The number of hydrogen-bond donors (Lipinski definition) is 2. The van der Waals surface area contributed by atoms with Gasteiger partial charge in [0.25, 0.3) is 0 Å². The van der Waals surface area contributed by atoms with Crippen LogP contribution in [0.25, 0.3) is 11.2 Å². The average molecular weight is 281 g/mol. The van der Waals surface area contributed by atoms with E-state index < -0.39 is 0 Å². The Morgan fingerprint density at radius 2 is 2.48 bits per heavy atom. The number of aromatic nitrogens is 3. The number of anilines is 1. The molecule has 1 amide bonds. The van der Waals surface area contributed by atoms with Crippen molar-refractivity contribution in [2.45, 2.75) is 6.04 Å². The number of carbonyl (C=O) groups excluding carboxylic acids is 1. The minimum Gasteiger partial charge on any atom is -0.352 e. The summed E-state index contributed by atoms with van der Waals surface area (Å²) in [4.78, 5) is 25.8. The molecule has 2 atom stereocenters. The van der Waals surface area contributed by atoms with Gasteiger partial charge in [0.05, 0.1) is 6.20 Å². The molecule has 2 aliphatic carbocycles. The van der Waals surface area contributed by atoms with Crippen LogP contribution in [-0.4, -0.2) is 40.0 Å². The van der Waals surface area contributed by atoms with Gasteiger partial charge in [-0.2, -0.15) is 0 Å². The molecule has 2 aromatic heterocycles. The fourth-order valence-electron chi connectivity index (χ4n) is 4.24. The van der Waals surface area contributed by atoms with E-state index in [1.165, 1.54) is 6.08 Å². The normalized spacial score (nSPS) is 34.7. The third-order valence-corrected chi connectivity index (χ3v) is 5.34. The minimum atomic E-state index is -0.0841. The second-order valence-electron chi connectivity index (χ2n) is 6.26. The Bertz CT molecular complexity index is 771. The van der Waals surface area contributed by atoms with Crippen LogP contribution in [0.2, 0.25) is 0 Å². The number of nitrogens with one attached hydrogen (secondary N) is 2. The lowest BCUT2D eigenvalue weighted by Gasteiger charge is -2.16. The molecule has 2 unspecified atom stereocenters. The van der Waals surface area contributed by atoms with Gasteiger partial charge >= 0.3 is 0 Å². The minimum absolute atomic E-state index is 0.0841. The maximum atomic E-state index is 11.3. The Labute approximate surface area is 121 Å². The molecule has 106 valence electrons. The van der Waals surface area contributed by atoms with Crippen molar-refractivity contribution in [3.05, 3.63) is 31.1 Å². The summed E-state index contributed by atoms with van der Waals surface area (Å²) in [6.45, 7) is 5.21. The number of piperidine rings is 1. The lowest BCUT2D eigenvalue weighted by molar-refractivity contribution is -0.116. The Balaban J connectivity index is 1.37. The first-order valence-corrected chi connectivity index (χ1v) is 7.22. The predicted molar refractivity (Wildman–Crippen MR) is 77.6 cm³/mol. The number of H-pyrrole nitrogens is 1. The van der Waals surface area contributed by atoms with E-state index in [1.807, 2.05) is 18.5 Å². The number of aromatic amines is 1. The van der Waals surface area contributed by atoms with E-state index in [9.17, 15) is 4.79 Å². The van der Waals surface area contributed by atoms with Gasteiger partial charge in [-0.25, -0.2) is 9.97 Å². The number of nitrogens with zero attached hydrogens (tertiary/aromatic N) is 3. The molecule has 6 nitrogen and oxygen atoms in total. The summed E-state index contributed by atoms with van der Waals surface area (Å²) < 4.78 is 0. The fourth-order valence-corrected chi connectivity index (χ4v) is 4.24. The van der Waals surface area contributed by atoms with Gasteiger partial charge in [0.15, 0.2) is 5.65 Å². The van der Waals surface area contributed by atoms with Crippen molar-refractivity contribution < 1.29 is 4.79 Å². The molecule has 0 spiro atoms. The summed E-state index contributed by atoms with van der Waals surface area (Å²) in [5.41, 5.74) is 2.00. The topological polar surface area (TPSA) is 73.9 Å². The molecule has 2 N–H and O–H groups in total. The third-order valence-electron chi connectivity index (χ3n) is 5.34. The second kappa shape index (κ2) is 3.44. The van der Waals surface area contributed by atoms with Gasteiger partial charge in [0.1, 0.15) is 11.3 Å². The van der Waals surface area contributed by atoms with E-state index in [0.717, 1.165) is 41.9 Å². The highest BCUT2D eigenvalue weighted by Gasteiger charge is 2.90. The molecule has 2 aliphatic heterocycles. The Hall–Kier alpha value is -2.37. The quantitative estimate of drug-likeness (QED) is 0.809. The molecule has 0 aromatic carbocycles. The molecular formula is C15H15N5O. The molecule has 2 bridgehead atoms. The van der Waals surface area contributed by atoms with Crippen LogP contribution < -0.4 is 10.2 Å². The summed E-state index contributed by atoms with van der Waals surface area (Å²) >= 11 is 0. The zero-order chi connectivity index (χ0) is 14.2. The van der Waals surface area contributed by atoms with Gasteiger partial charge < -0.3 is 15.2 Å². The number of fused-ring (bicyclic) bond motifs is 2. The lowest BCUT2D eigenvalue weighted by atomic mass is 9.97. The predicted octanol–water partition coefficient (Wildman–Crippen LogP) is 0.695. The Kier molecular flexibility index (Phi) is 1.85. The van der Waals surface area contributed by atoms with Crippen molar-refractivity contribution in [2.75, 3.05) is 18.0 Å². The summed E-state index contributed by atoms with van der Waals surface area (Å²) in [7, 11) is 0. The molecule has 2 aromatic rings.